The molecule has 0 bridgehead atoms. The van der Waals surface area contributed by atoms with Gasteiger partial charge in [-0.25, -0.2) is 0 Å². The third kappa shape index (κ3) is 5.13. The van der Waals surface area contributed by atoms with E-state index >= 15 is 0 Å². The minimum atomic E-state index is -0.319. The Morgan fingerprint density at radius 1 is 1.30 bits per heavy atom. The number of carbonyl (C=O) groups is 1. The van der Waals surface area contributed by atoms with Crippen molar-refractivity contribution in [2.75, 3.05) is 27.3 Å². The van der Waals surface area contributed by atoms with Crippen LogP contribution in [0.25, 0.3) is 0 Å². The third-order valence-electron chi connectivity index (χ3n) is 4.34. The van der Waals surface area contributed by atoms with Gasteiger partial charge in [-0.3, -0.25) is 4.79 Å². The van der Waals surface area contributed by atoms with Crippen LogP contribution in [0.3, 0.4) is 0 Å². The normalized spacial score (nSPS) is 20.8. The molecule has 5 nitrogen and oxygen atoms in total. The molecule has 1 aliphatic carbocycles. The van der Waals surface area contributed by atoms with Crippen molar-refractivity contribution in [3.8, 4) is 11.5 Å². The Balaban J connectivity index is 1.72. The Morgan fingerprint density at radius 3 is 2.74 bits per heavy atom. The number of amides is 1. The van der Waals surface area contributed by atoms with Gasteiger partial charge < -0.3 is 19.5 Å². The second kappa shape index (κ2) is 8.77. The topological polar surface area (TPSA) is 59.0 Å². The average Bonchev–Trinajstić information content (AvgIpc) is 2.58. The summed E-state index contributed by atoms with van der Waals surface area (Å²) in [6, 6.07) is 7.54. The molecule has 23 heavy (non-hydrogen) atoms. The van der Waals surface area contributed by atoms with Crippen LogP contribution in [-0.4, -0.2) is 49.3 Å². The van der Waals surface area contributed by atoms with Crippen molar-refractivity contribution in [3.63, 3.8) is 0 Å². The SMILES string of the molecule is COc1ccccc1OCCCN(C)C(=O)[C@@H]1CCC[C@H](O)C1. The van der Waals surface area contributed by atoms with Gasteiger partial charge in [0.05, 0.1) is 19.8 Å². The lowest BCUT2D eigenvalue weighted by Gasteiger charge is -2.28. The van der Waals surface area contributed by atoms with Crippen LogP contribution in [0.5, 0.6) is 11.5 Å². The molecule has 1 aromatic rings. The largest absolute Gasteiger partial charge is 0.493 e. The van der Waals surface area contributed by atoms with E-state index in [0.29, 0.717) is 25.3 Å². The monoisotopic (exact) mass is 321 g/mol. The number of nitrogens with zero attached hydrogens (tertiary/aromatic N) is 1. The maximum atomic E-state index is 12.4. The summed E-state index contributed by atoms with van der Waals surface area (Å²) in [7, 11) is 3.44. The summed E-state index contributed by atoms with van der Waals surface area (Å²) in [4.78, 5) is 14.1. The summed E-state index contributed by atoms with van der Waals surface area (Å²) in [5.41, 5.74) is 0. The Kier molecular flexibility index (Phi) is 6.71. The summed E-state index contributed by atoms with van der Waals surface area (Å²) >= 11 is 0. The molecule has 5 heteroatoms. The molecule has 1 N–H and O–H groups in total. The molecule has 1 aliphatic rings. The van der Waals surface area contributed by atoms with Gasteiger partial charge in [0.15, 0.2) is 11.5 Å². The molecule has 0 heterocycles. The molecule has 1 aromatic carbocycles. The van der Waals surface area contributed by atoms with Crippen molar-refractivity contribution in [2.45, 2.75) is 38.2 Å². The van der Waals surface area contributed by atoms with E-state index in [-0.39, 0.29) is 17.9 Å². The number of hydrogen-bond acceptors (Lipinski definition) is 4. The van der Waals surface area contributed by atoms with Crippen LogP contribution in [0, 0.1) is 5.92 Å². The molecule has 2 rings (SSSR count). The van der Waals surface area contributed by atoms with Gasteiger partial charge in [0, 0.05) is 19.5 Å². The third-order valence-corrected chi connectivity index (χ3v) is 4.34. The summed E-state index contributed by atoms with van der Waals surface area (Å²) in [6.45, 7) is 1.19. The number of ether oxygens (including phenoxy) is 2. The number of rotatable bonds is 7. The quantitative estimate of drug-likeness (QED) is 0.784. The molecule has 1 fully saturated rings. The summed E-state index contributed by atoms with van der Waals surface area (Å²) in [5.74, 6) is 1.55. The zero-order chi connectivity index (χ0) is 16.7. The first-order chi connectivity index (χ1) is 11.1. The van der Waals surface area contributed by atoms with Gasteiger partial charge in [0.2, 0.25) is 5.91 Å². The highest BCUT2D eigenvalue weighted by molar-refractivity contribution is 5.78. The molecule has 0 radical (unpaired) electrons. The highest BCUT2D eigenvalue weighted by Gasteiger charge is 2.27. The van der Waals surface area contributed by atoms with Crippen LogP contribution in [-0.2, 0) is 4.79 Å². The first-order valence-corrected chi connectivity index (χ1v) is 8.30. The van der Waals surface area contributed by atoms with E-state index in [2.05, 4.69) is 0 Å². The van der Waals surface area contributed by atoms with E-state index < -0.39 is 0 Å². The number of benzene rings is 1. The van der Waals surface area contributed by atoms with E-state index in [0.717, 1.165) is 31.4 Å². The van der Waals surface area contributed by atoms with E-state index in [1.807, 2.05) is 31.3 Å². The lowest BCUT2D eigenvalue weighted by atomic mass is 9.86. The number of hydrogen-bond donors (Lipinski definition) is 1. The van der Waals surface area contributed by atoms with E-state index in [4.69, 9.17) is 9.47 Å². The fourth-order valence-corrected chi connectivity index (χ4v) is 3.03. The van der Waals surface area contributed by atoms with Gasteiger partial charge in [0.1, 0.15) is 0 Å². The van der Waals surface area contributed by atoms with Crippen molar-refractivity contribution < 1.29 is 19.4 Å². The van der Waals surface area contributed by atoms with Crippen LogP contribution >= 0.6 is 0 Å². The number of para-hydroxylation sites is 2. The second-order valence-electron chi connectivity index (χ2n) is 6.13. The standard InChI is InChI=1S/C18H27NO4/c1-19(18(21)14-7-5-8-15(20)13-14)11-6-12-23-17-10-4-3-9-16(17)22-2/h3-4,9-10,14-15,20H,5-8,11-13H2,1-2H3/t14-,15+/m1/s1. The molecule has 0 spiro atoms. The first kappa shape index (κ1) is 17.6. The molecule has 1 amide bonds. The van der Waals surface area contributed by atoms with Crippen molar-refractivity contribution >= 4 is 5.91 Å². The second-order valence-corrected chi connectivity index (χ2v) is 6.13. The molecule has 0 saturated heterocycles. The first-order valence-electron chi connectivity index (χ1n) is 8.30. The van der Waals surface area contributed by atoms with Crippen molar-refractivity contribution in [1.29, 1.82) is 0 Å². The van der Waals surface area contributed by atoms with Gasteiger partial charge in [-0.1, -0.05) is 18.6 Å². The molecule has 128 valence electrons. The van der Waals surface area contributed by atoms with Crippen LogP contribution in [0.1, 0.15) is 32.1 Å². The highest BCUT2D eigenvalue weighted by atomic mass is 16.5. The molecular formula is C18H27NO4. The van der Waals surface area contributed by atoms with Crippen LogP contribution in [0.4, 0.5) is 0 Å². The average molecular weight is 321 g/mol. The Hall–Kier alpha value is -1.75. The van der Waals surface area contributed by atoms with Gasteiger partial charge in [-0.15, -0.1) is 0 Å². The Bertz CT molecular complexity index is 506. The zero-order valence-corrected chi connectivity index (χ0v) is 14.0. The van der Waals surface area contributed by atoms with Gasteiger partial charge in [-0.2, -0.15) is 0 Å². The van der Waals surface area contributed by atoms with Gasteiger partial charge >= 0.3 is 0 Å². The van der Waals surface area contributed by atoms with Crippen molar-refractivity contribution in [2.24, 2.45) is 5.92 Å². The molecule has 0 aromatic heterocycles. The van der Waals surface area contributed by atoms with Crippen LogP contribution in [0.2, 0.25) is 0 Å². The summed E-state index contributed by atoms with van der Waals surface area (Å²) in [5, 5.41) is 9.70. The van der Waals surface area contributed by atoms with Gasteiger partial charge in [0.25, 0.3) is 0 Å². The number of aliphatic hydroxyl groups excluding tert-OH is 1. The maximum Gasteiger partial charge on any atom is 0.225 e. The summed E-state index contributed by atoms with van der Waals surface area (Å²) < 4.78 is 11.0. The molecule has 1 saturated carbocycles. The predicted molar refractivity (Wildman–Crippen MR) is 88.7 cm³/mol. The lowest BCUT2D eigenvalue weighted by Crippen LogP contribution is -2.37. The molecule has 2 atom stereocenters. The van der Waals surface area contributed by atoms with E-state index in [1.165, 1.54) is 0 Å². The molecule has 0 unspecified atom stereocenters. The zero-order valence-electron chi connectivity index (χ0n) is 14.0. The Labute approximate surface area is 138 Å². The highest BCUT2D eigenvalue weighted by Crippen LogP contribution is 2.27. The number of carbonyl (C=O) groups excluding carboxylic acids is 1. The smallest absolute Gasteiger partial charge is 0.225 e. The Morgan fingerprint density at radius 2 is 2.04 bits per heavy atom. The van der Waals surface area contributed by atoms with Crippen LogP contribution < -0.4 is 9.47 Å². The lowest BCUT2D eigenvalue weighted by molar-refractivity contribution is -0.136. The van der Waals surface area contributed by atoms with Gasteiger partial charge in [-0.05, 0) is 37.8 Å². The molecular weight excluding hydrogens is 294 g/mol. The fourth-order valence-electron chi connectivity index (χ4n) is 3.03. The van der Waals surface area contributed by atoms with Crippen LogP contribution in [0.15, 0.2) is 24.3 Å². The minimum Gasteiger partial charge on any atom is -0.493 e. The summed E-state index contributed by atoms with van der Waals surface area (Å²) in [6.07, 6.45) is 3.68. The predicted octanol–water partition coefficient (Wildman–Crippen LogP) is 2.47. The molecule has 0 aliphatic heterocycles. The van der Waals surface area contributed by atoms with Crippen molar-refractivity contribution in [1.82, 2.24) is 4.90 Å². The van der Waals surface area contributed by atoms with Crippen molar-refractivity contribution in [3.05, 3.63) is 24.3 Å². The fraction of sp³-hybridized carbons (Fsp3) is 0.611. The van der Waals surface area contributed by atoms with E-state index in [1.54, 1.807) is 12.0 Å². The number of aliphatic hydroxyl groups is 1. The minimum absolute atomic E-state index is 0.0288. The number of methoxy groups -OCH3 is 1. The van der Waals surface area contributed by atoms with E-state index in [9.17, 15) is 9.90 Å². The maximum absolute atomic E-state index is 12.4.